The molecule has 0 heterocycles. The minimum absolute atomic E-state index is 0.193. The van der Waals surface area contributed by atoms with Gasteiger partial charge < -0.3 is 9.84 Å². The van der Waals surface area contributed by atoms with Crippen LogP contribution in [0.25, 0.3) is 0 Å². The van der Waals surface area contributed by atoms with E-state index in [4.69, 9.17) is 9.84 Å². The smallest absolute Gasteiger partial charge is 0.119 e. The van der Waals surface area contributed by atoms with Gasteiger partial charge in [0.2, 0.25) is 0 Å². The van der Waals surface area contributed by atoms with E-state index in [1.54, 1.807) is 6.08 Å². The second-order valence-electron chi connectivity index (χ2n) is 2.76. The zero-order valence-corrected chi connectivity index (χ0v) is 11.0. The molecule has 0 amide bonds. The summed E-state index contributed by atoms with van der Waals surface area (Å²) < 4.78 is 5.39. The Morgan fingerprint density at radius 2 is 1.67 bits per heavy atom. The van der Waals surface area contributed by atoms with E-state index >= 15 is 0 Å². The largest absolute Gasteiger partial charge is 0.491 e. The lowest BCUT2D eigenvalue weighted by atomic mass is 10.3. The molecule has 0 bridgehead atoms. The van der Waals surface area contributed by atoms with Crippen molar-refractivity contribution in [2.45, 2.75) is 40.7 Å². The topological polar surface area (TPSA) is 29.5 Å². The summed E-state index contributed by atoms with van der Waals surface area (Å²) in [5, 5.41) is 7.00. The van der Waals surface area contributed by atoms with Crippen molar-refractivity contribution < 1.29 is 9.84 Å². The van der Waals surface area contributed by atoms with E-state index in [1.165, 1.54) is 0 Å². The second kappa shape index (κ2) is 15.5. The summed E-state index contributed by atoms with van der Waals surface area (Å²) in [5.41, 5.74) is 0.973. The van der Waals surface area contributed by atoms with Crippen LogP contribution in [-0.4, -0.2) is 18.3 Å². The number of hydrogen-bond acceptors (Lipinski definition) is 2. The molecule has 0 unspecified atom stereocenters. The van der Waals surface area contributed by atoms with Crippen molar-refractivity contribution in [2.75, 3.05) is 7.11 Å². The van der Waals surface area contributed by atoms with Crippen molar-refractivity contribution >= 4 is 0 Å². The van der Waals surface area contributed by atoms with Crippen molar-refractivity contribution in [3.05, 3.63) is 36.6 Å². The Morgan fingerprint density at radius 3 is 1.87 bits per heavy atom. The van der Waals surface area contributed by atoms with Crippen LogP contribution in [0.3, 0.4) is 0 Å². The fraction of sp³-hybridized carbons (Fsp3) is 0.538. The normalized spacial score (nSPS) is 9.20. The Labute approximate surface area is 95.0 Å². The van der Waals surface area contributed by atoms with E-state index < -0.39 is 0 Å². The van der Waals surface area contributed by atoms with E-state index in [9.17, 15) is 0 Å². The van der Waals surface area contributed by atoms with Crippen LogP contribution < -0.4 is 0 Å². The molecule has 0 spiro atoms. The number of aliphatic hydroxyl groups is 1. The van der Waals surface area contributed by atoms with E-state index in [-0.39, 0.29) is 6.10 Å². The molecule has 90 valence electrons. The van der Waals surface area contributed by atoms with Crippen molar-refractivity contribution in [1.29, 1.82) is 0 Å². The van der Waals surface area contributed by atoms with Gasteiger partial charge in [-0.2, -0.15) is 0 Å². The van der Waals surface area contributed by atoms with E-state index in [2.05, 4.69) is 13.2 Å². The Kier molecular flexibility index (Phi) is 20.1. The molecule has 0 aromatic rings. The van der Waals surface area contributed by atoms with Gasteiger partial charge in [-0.15, -0.1) is 0 Å². The molecule has 0 aromatic heterocycles. The number of hydrogen-bond donors (Lipinski definition) is 1. The Bertz CT molecular complexity index is 179. The molecule has 2 heteroatoms. The number of ether oxygens (including phenoxy) is 1. The summed E-state index contributed by atoms with van der Waals surface area (Å²) >= 11 is 0. The fourth-order valence-corrected chi connectivity index (χ4v) is 0.656. The summed E-state index contributed by atoms with van der Waals surface area (Å²) in [4.78, 5) is 0. The zero-order valence-electron chi connectivity index (χ0n) is 11.0. The maximum atomic E-state index is 7.00. The zero-order chi connectivity index (χ0) is 12.9. The lowest BCUT2D eigenvalue weighted by molar-refractivity contribution is 0.158. The molecule has 0 rings (SSSR count). The van der Waals surface area contributed by atoms with Gasteiger partial charge in [0.25, 0.3) is 0 Å². The molecule has 0 saturated carbocycles. The van der Waals surface area contributed by atoms with Crippen LogP contribution in [0.4, 0.5) is 0 Å². The third kappa shape index (κ3) is 19.4. The van der Waals surface area contributed by atoms with E-state index in [1.807, 2.05) is 40.7 Å². The van der Waals surface area contributed by atoms with Gasteiger partial charge in [0.1, 0.15) is 5.76 Å². The minimum Gasteiger partial charge on any atom is -0.491 e. The second-order valence-corrected chi connectivity index (χ2v) is 2.76. The first-order valence-corrected chi connectivity index (χ1v) is 5.17. The fourth-order valence-electron chi connectivity index (χ4n) is 0.656. The summed E-state index contributed by atoms with van der Waals surface area (Å²) in [6, 6.07) is 0. The molecule has 0 aliphatic rings. The number of aliphatic hydroxyl groups excluding tert-OH is 1. The van der Waals surface area contributed by atoms with Crippen LogP contribution in [-0.2, 0) is 4.74 Å². The first kappa shape index (κ1) is 19.5. The first-order chi connectivity index (χ1) is 7.06. The average Bonchev–Trinajstić information content (AvgIpc) is 2.21. The third-order valence-corrected chi connectivity index (χ3v) is 0.962. The van der Waals surface area contributed by atoms with Crippen molar-refractivity contribution in [3.63, 3.8) is 0 Å². The van der Waals surface area contributed by atoms with Gasteiger partial charge in [0, 0.05) is 7.11 Å². The van der Waals surface area contributed by atoms with E-state index in [0.29, 0.717) is 0 Å². The lowest BCUT2D eigenvalue weighted by Gasteiger charge is -2.09. The van der Waals surface area contributed by atoms with Gasteiger partial charge in [-0.1, -0.05) is 32.6 Å². The standard InChI is InChI=1S/C10H16O.C2H6.CH4O/c1-6-10(7-8(2)3)11-9(4)5;2*1-2/h6-7,9H,1-2H2,3-5H3;1-2H3;2H,1H3/b10-7+;;. The third-order valence-electron chi connectivity index (χ3n) is 0.962. The predicted octanol–water partition coefficient (Wildman–Crippen LogP) is 3.69. The Morgan fingerprint density at radius 1 is 1.27 bits per heavy atom. The van der Waals surface area contributed by atoms with Crippen molar-refractivity contribution in [3.8, 4) is 0 Å². The average molecular weight is 214 g/mol. The van der Waals surface area contributed by atoms with Crippen LogP contribution in [0.5, 0.6) is 0 Å². The molecule has 0 aliphatic carbocycles. The molecule has 0 radical (unpaired) electrons. The highest BCUT2D eigenvalue weighted by Crippen LogP contribution is 2.06. The van der Waals surface area contributed by atoms with Crippen molar-refractivity contribution in [1.82, 2.24) is 0 Å². The number of rotatable bonds is 4. The molecule has 0 atom stereocenters. The van der Waals surface area contributed by atoms with Gasteiger partial charge in [-0.05, 0) is 32.9 Å². The molecular weight excluding hydrogens is 188 g/mol. The van der Waals surface area contributed by atoms with Crippen LogP contribution >= 0.6 is 0 Å². The molecule has 0 aromatic carbocycles. The van der Waals surface area contributed by atoms with Crippen molar-refractivity contribution in [2.24, 2.45) is 0 Å². The van der Waals surface area contributed by atoms with Gasteiger partial charge in [-0.25, -0.2) is 0 Å². The summed E-state index contributed by atoms with van der Waals surface area (Å²) in [6.07, 6.45) is 3.75. The molecule has 15 heavy (non-hydrogen) atoms. The van der Waals surface area contributed by atoms with Gasteiger partial charge in [0.15, 0.2) is 0 Å². The van der Waals surface area contributed by atoms with E-state index in [0.717, 1.165) is 18.4 Å². The summed E-state index contributed by atoms with van der Waals surface area (Å²) in [5.74, 6) is 0.785. The molecule has 1 N–H and O–H groups in total. The highest BCUT2D eigenvalue weighted by atomic mass is 16.5. The molecule has 0 aliphatic heterocycles. The highest BCUT2D eigenvalue weighted by Gasteiger charge is 1.95. The Balaban J connectivity index is -0.000000318. The SMILES string of the molecule is C=C/C(=C\C(=C)C)OC(C)C.CC.CO. The molecule has 0 saturated heterocycles. The van der Waals surface area contributed by atoms with Crippen LogP contribution in [0.2, 0.25) is 0 Å². The molecule has 0 fully saturated rings. The van der Waals surface area contributed by atoms with Crippen LogP contribution in [0.1, 0.15) is 34.6 Å². The van der Waals surface area contributed by atoms with Gasteiger partial charge in [0.05, 0.1) is 6.10 Å². The quantitative estimate of drug-likeness (QED) is 0.571. The Hall–Kier alpha value is -1.02. The molecular formula is C13H26O2. The lowest BCUT2D eigenvalue weighted by Crippen LogP contribution is -2.00. The number of allylic oxidation sites excluding steroid dienone is 3. The maximum absolute atomic E-state index is 7.00. The van der Waals surface area contributed by atoms with Crippen LogP contribution in [0, 0.1) is 0 Å². The minimum atomic E-state index is 0.193. The predicted molar refractivity (Wildman–Crippen MR) is 68.8 cm³/mol. The van der Waals surface area contributed by atoms with Gasteiger partial charge in [-0.3, -0.25) is 0 Å². The molecule has 2 nitrogen and oxygen atoms in total. The maximum Gasteiger partial charge on any atom is 0.119 e. The van der Waals surface area contributed by atoms with Gasteiger partial charge >= 0.3 is 0 Å². The first-order valence-electron chi connectivity index (χ1n) is 5.17. The monoisotopic (exact) mass is 214 g/mol. The summed E-state index contributed by atoms with van der Waals surface area (Å²) in [6.45, 7) is 17.3. The van der Waals surface area contributed by atoms with Crippen LogP contribution in [0.15, 0.2) is 36.6 Å². The highest BCUT2D eigenvalue weighted by molar-refractivity contribution is 5.21. The summed E-state index contributed by atoms with van der Waals surface area (Å²) in [7, 11) is 1.00.